The van der Waals surface area contributed by atoms with Crippen molar-refractivity contribution in [2.45, 2.75) is 12.7 Å². The van der Waals surface area contributed by atoms with Gasteiger partial charge in [0.15, 0.2) is 0 Å². The highest BCUT2D eigenvalue weighted by molar-refractivity contribution is 5.53. The van der Waals surface area contributed by atoms with Crippen LogP contribution in [0.5, 0.6) is 0 Å². The zero-order valence-corrected chi connectivity index (χ0v) is 15.2. The minimum Gasteiger partial charge on any atom is -0.354 e. The third kappa shape index (κ3) is 4.53. The molecule has 1 aliphatic heterocycles. The second kappa shape index (κ2) is 7.78. The van der Waals surface area contributed by atoms with Crippen LogP contribution < -0.4 is 4.90 Å². The van der Waals surface area contributed by atoms with Gasteiger partial charge in [-0.2, -0.15) is 18.2 Å². The van der Waals surface area contributed by atoms with Crippen molar-refractivity contribution in [2.75, 3.05) is 31.1 Å². The van der Waals surface area contributed by atoms with Crippen LogP contribution >= 0.6 is 0 Å². The second-order valence-electron chi connectivity index (χ2n) is 6.68. The maximum Gasteiger partial charge on any atom is 0.417 e. The molecule has 1 saturated heterocycles. The number of hydrogen-bond donors (Lipinski definition) is 0. The molecule has 29 heavy (non-hydrogen) atoms. The Bertz CT molecular complexity index is 948. The lowest BCUT2D eigenvalue weighted by atomic mass is 10.2. The van der Waals surface area contributed by atoms with E-state index in [2.05, 4.69) is 20.0 Å². The van der Waals surface area contributed by atoms with Crippen LogP contribution in [0.1, 0.15) is 11.5 Å². The molecular weight excluding hydrogens is 390 g/mol. The SMILES string of the molecule is Fc1ccc(-c2noc(CN3CCN(c4ccc(C(F)(F)F)cn4)CC3)n2)cc1. The number of benzene rings is 1. The fraction of sp³-hybridized carbons (Fsp3) is 0.316. The lowest BCUT2D eigenvalue weighted by Gasteiger charge is -2.34. The first-order chi connectivity index (χ1) is 13.9. The van der Waals surface area contributed by atoms with E-state index in [1.54, 1.807) is 12.1 Å². The summed E-state index contributed by atoms with van der Waals surface area (Å²) >= 11 is 0. The highest BCUT2D eigenvalue weighted by Crippen LogP contribution is 2.29. The maximum absolute atomic E-state index is 13.0. The molecular formula is C19H17F4N5O. The Kier molecular flexibility index (Phi) is 5.18. The summed E-state index contributed by atoms with van der Waals surface area (Å²) in [6.45, 7) is 3.06. The van der Waals surface area contributed by atoms with Gasteiger partial charge in [-0.05, 0) is 36.4 Å². The molecule has 0 amide bonds. The molecule has 6 nitrogen and oxygen atoms in total. The molecule has 0 N–H and O–H groups in total. The molecule has 3 heterocycles. The Labute approximate surface area is 163 Å². The van der Waals surface area contributed by atoms with Crippen molar-refractivity contribution in [3.8, 4) is 11.4 Å². The van der Waals surface area contributed by atoms with Crippen LogP contribution in [0.4, 0.5) is 23.4 Å². The van der Waals surface area contributed by atoms with Crippen LogP contribution in [-0.2, 0) is 12.7 Å². The first-order valence-corrected chi connectivity index (χ1v) is 8.97. The highest BCUT2D eigenvalue weighted by atomic mass is 19.4. The van der Waals surface area contributed by atoms with Gasteiger partial charge >= 0.3 is 6.18 Å². The molecule has 3 aromatic rings. The van der Waals surface area contributed by atoms with Gasteiger partial charge in [-0.3, -0.25) is 4.90 Å². The maximum atomic E-state index is 13.0. The van der Waals surface area contributed by atoms with E-state index in [-0.39, 0.29) is 5.82 Å². The van der Waals surface area contributed by atoms with Gasteiger partial charge < -0.3 is 9.42 Å². The van der Waals surface area contributed by atoms with E-state index >= 15 is 0 Å². The number of anilines is 1. The number of hydrogen-bond acceptors (Lipinski definition) is 6. The van der Waals surface area contributed by atoms with E-state index in [4.69, 9.17) is 4.52 Å². The number of aromatic nitrogens is 3. The zero-order valence-electron chi connectivity index (χ0n) is 15.2. The molecule has 0 saturated carbocycles. The Balaban J connectivity index is 1.33. The van der Waals surface area contributed by atoms with E-state index in [0.717, 1.165) is 12.3 Å². The van der Waals surface area contributed by atoms with Crippen LogP contribution in [0, 0.1) is 5.82 Å². The molecule has 10 heteroatoms. The molecule has 1 fully saturated rings. The van der Waals surface area contributed by atoms with Crippen LogP contribution in [0.25, 0.3) is 11.4 Å². The number of halogens is 4. The first kappa shape index (κ1) is 19.3. The van der Waals surface area contributed by atoms with Gasteiger partial charge in [0.2, 0.25) is 11.7 Å². The topological polar surface area (TPSA) is 58.3 Å². The van der Waals surface area contributed by atoms with Gasteiger partial charge in [-0.1, -0.05) is 5.16 Å². The molecule has 0 spiro atoms. The largest absolute Gasteiger partial charge is 0.417 e. The van der Waals surface area contributed by atoms with Gasteiger partial charge in [-0.25, -0.2) is 9.37 Å². The fourth-order valence-electron chi connectivity index (χ4n) is 3.10. The number of pyridine rings is 1. The van der Waals surface area contributed by atoms with E-state index in [9.17, 15) is 17.6 Å². The number of piperazine rings is 1. The predicted molar refractivity (Wildman–Crippen MR) is 96.4 cm³/mol. The van der Waals surface area contributed by atoms with Crippen molar-refractivity contribution in [1.82, 2.24) is 20.0 Å². The zero-order chi connectivity index (χ0) is 20.4. The van der Waals surface area contributed by atoms with Crippen LogP contribution in [0.15, 0.2) is 47.1 Å². The quantitative estimate of drug-likeness (QED) is 0.616. The summed E-state index contributed by atoms with van der Waals surface area (Å²) < 4.78 is 56.2. The summed E-state index contributed by atoms with van der Waals surface area (Å²) in [7, 11) is 0. The van der Waals surface area contributed by atoms with Gasteiger partial charge in [-0.15, -0.1) is 0 Å². The summed E-state index contributed by atoms with van der Waals surface area (Å²) in [6, 6.07) is 8.27. The molecule has 0 unspecified atom stereocenters. The van der Waals surface area contributed by atoms with Crippen molar-refractivity contribution in [1.29, 1.82) is 0 Å². The van der Waals surface area contributed by atoms with Gasteiger partial charge in [0.05, 0.1) is 12.1 Å². The fourth-order valence-corrected chi connectivity index (χ4v) is 3.10. The molecule has 4 rings (SSSR count). The predicted octanol–water partition coefficient (Wildman–Crippen LogP) is 3.61. The lowest BCUT2D eigenvalue weighted by Crippen LogP contribution is -2.46. The van der Waals surface area contributed by atoms with Crippen molar-refractivity contribution in [3.05, 3.63) is 59.9 Å². The van der Waals surface area contributed by atoms with Crippen molar-refractivity contribution in [3.63, 3.8) is 0 Å². The Hall–Kier alpha value is -3.01. The number of nitrogens with zero attached hydrogens (tertiary/aromatic N) is 5. The Morgan fingerprint density at radius 3 is 2.31 bits per heavy atom. The number of rotatable bonds is 4. The monoisotopic (exact) mass is 407 g/mol. The summed E-state index contributed by atoms with van der Waals surface area (Å²) in [5.41, 5.74) is -0.0900. The minimum absolute atomic E-state index is 0.335. The molecule has 0 radical (unpaired) electrons. The molecule has 0 aliphatic carbocycles. The summed E-state index contributed by atoms with van der Waals surface area (Å²) in [6.07, 6.45) is -3.53. The second-order valence-corrected chi connectivity index (χ2v) is 6.68. The molecule has 1 aromatic carbocycles. The van der Waals surface area contributed by atoms with Gasteiger partial charge in [0, 0.05) is 37.9 Å². The average molecular weight is 407 g/mol. The summed E-state index contributed by atoms with van der Waals surface area (Å²) in [4.78, 5) is 12.3. The molecule has 1 aliphatic rings. The van der Waals surface area contributed by atoms with Crippen LogP contribution in [-0.4, -0.2) is 46.2 Å². The average Bonchev–Trinajstić information content (AvgIpc) is 3.17. The van der Waals surface area contributed by atoms with Crippen molar-refractivity contribution < 1.29 is 22.1 Å². The lowest BCUT2D eigenvalue weighted by molar-refractivity contribution is -0.137. The standard InChI is InChI=1S/C19H17F4N5O/c20-15-4-1-13(2-5-15)18-25-17(29-26-18)12-27-7-9-28(10-8-27)16-6-3-14(11-24-16)19(21,22)23/h1-6,11H,7-10,12H2. The third-order valence-corrected chi connectivity index (χ3v) is 4.70. The first-order valence-electron chi connectivity index (χ1n) is 8.97. The van der Waals surface area contributed by atoms with Gasteiger partial charge in [0.25, 0.3) is 0 Å². The van der Waals surface area contributed by atoms with E-state index in [1.807, 2.05) is 4.90 Å². The minimum atomic E-state index is -4.39. The molecule has 2 aromatic heterocycles. The highest BCUT2D eigenvalue weighted by Gasteiger charge is 2.31. The molecule has 152 valence electrons. The van der Waals surface area contributed by atoms with Crippen molar-refractivity contribution in [2.24, 2.45) is 0 Å². The van der Waals surface area contributed by atoms with Crippen LogP contribution in [0.3, 0.4) is 0 Å². The summed E-state index contributed by atoms with van der Waals surface area (Å²) in [5.74, 6) is 1.03. The number of alkyl halides is 3. The van der Waals surface area contributed by atoms with E-state index in [1.165, 1.54) is 18.2 Å². The molecule has 0 bridgehead atoms. The third-order valence-electron chi connectivity index (χ3n) is 4.70. The normalized spacial score (nSPS) is 15.7. The Morgan fingerprint density at radius 1 is 0.966 bits per heavy atom. The smallest absolute Gasteiger partial charge is 0.354 e. The van der Waals surface area contributed by atoms with E-state index < -0.39 is 11.7 Å². The Morgan fingerprint density at radius 2 is 1.69 bits per heavy atom. The molecule has 0 atom stereocenters. The summed E-state index contributed by atoms with van der Waals surface area (Å²) in [5, 5.41) is 3.92. The van der Waals surface area contributed by atoms with Crippen LogP contribution in [0.2, 0.25) is 0 Å². The van der Waals surface area contributed by atoms with E-state index in [0.29, 0.717) is 55.8 Å². The van der Waals surface area contributed by atoms with Crippen molar-refractivity contribution >= 4 is 5.82 Å². The van der Waals surface area contributed by atoms with Gasteiger partial charge in [0.1, 0.15) is 11.6 Å².